The number of ether oxygens (including phenoxy) is 3. The summed E-state index contributed by atoms with van der Waals surface area (Å²) in [6, 6.07) is 0. The van der Waals surface area contributed by atoms with Crippen LogP contribution >= 0.6 is 0 Å². The zero-order valence-corrected chi connectivity index (χ0v) is 54.6. The number of carbonyl (C=O) groups excluding carboxylic acids is 3. The van der Waals surface area contributed by atoms with Crippen molar-refractivity contribution in [3.8, 4) is 0 Å². The molecule has 0 amide bonds. The zero-order valence-electron chi connectivity index (χ0n) is 54.6. The van der Waals surface area contributed by atoms with Crippen LogP contribution < -0.4 is 0 Å². The van der Waals surface area contributed by atoms with Crippen molar-refractivity contribution in [2.24, 2.45) is 0 Å². The van der Waals surface area contributed by atoms with Crippen LogP contribution in [0.4, 0.5) is 0 Å². The highest BCUT2D eigenvalue weighted by Gasteiger charge is 2.19. The zero-order chi connectivity index (χ0) is 58.5. The van der Waals surface area contributed by atoms with Crippen molar-refractivity contribution in [3.63, 3.8) is 0 Å². The van der Waals surface area contributed by atoms with Gasteiger partial charge in [0.2, 0.25) is 0 Å². The van der Waals surface area contributed by atoms with Crippen LogP contribution in [0, 0.1) is 0 Å². The lowest BCUT2D eigenvalue weighted by atomic mass is 10.0. The fourth-order valence-corrected chi connectivity index (χ4v) is 10.9. The van der Waals surface area contributed by atoms with Gasteiger partial charge in [0.1, 0.15) is 13.2 Å². The molecule has 0 saturated heterocycles. The Morgan fingerprint density at radius 3 is 0.704 bits per heavy atom. The lowest BCUT2D eigenvalue weighted by Crippen LogP contribution is -2.30. The van der Waals surface area contributed by atoms with E-state index in [9.17, 15) is 14.4 Å². The summed E-state index contributed by atoms with van der Waals surface area (Å²) in [7, 11) is 0. The molecule has 6 heteroatoms. The normalized spacial score (nSPS) is 12.3. The van der Waals surface area contributed by atoms with Crippen molar-refractivity contribution in [3.05, 3.63) is 48.6 Å². The molecule has 81 heavy (non-hydrogen) atoms. The first kappa shape index (κ1) is 78.4. The Morgan fingerprint density at radius 1 is 0.247 bits per heavy atom. The molecule has 1 unspecified atom stereocenters. The first-order chi connectivity index (χ1) is 40.0. The molecule has 1 atom stereocenters. The van der Waals surface area contributed by atoms with E-state index in [1.165, 1.54) is 276 Å². The molecule has 0 aliphatic heterocycles. The highest BCUT2D eigenvalue weighted by Crippen LogP contribution is 2.18. The van der Waals surface area contributed by atoms with Crippen molar-refractivity contribution in [1.82, 2.24) is 0 Å². The fourth-order valence-electron chi connectivity index (χ4n) is 10.9. The van der Waals surface area contributed by atoms with Crippen molar-refractivity contribution in [2.45, 2.75) is 399 Å². The first-order valence-electron chi connectivity index (χ1n) is 36.1. The van der Waals surface area contributed by atoms with E-state index in [0.717, 1.165) is 77.0 Å². The van der Waals surface area contributed by atoms with E-state index in [4.69, 9.17) is 14.2 Å². The summed E-state index contributed by atoms with van der Waals surface area (Å²) in [5.41, 5.74) is 0. The average molecular weight is 1140 g/mol. The first-order valence-corrected chi connectivity index (χ1v) is 36.1. The van der Waals surface area contributed by atoms with Gasteiger partial charge in [0.25, 0.3) is 0 Å². The standard InChI is InChI=1S/C75H138O6/c1-4-7-10-13-16-19-22-25-28-31-33-35-37-39-41-44-47-50-53-56-59-62-65-68-74(77)80-71-72(70-79-73(76)67-64-61-58-55-52-49-46-43-30-27-24-21-18-15-12-9-6-3)81-75(78)69-66-63-60-57-54-51-48-45-42-40-38-36-34-32-29-26-23-20-17-14-11-8-5-2/h22,25,31-34,37,39,72H,4-21,23-24,26-30,35-36,38,40-71H2,1-3H3/b25-22-,33-31-,34-32-,39-37-. The minimum atomic E-state index is -0.777. The minimum Gasteiger partial charge on any atom is -0.462 e. The molecule has 0 N–H and O–H groups in total. The summed E-state index contributed by atoms with van der Waals surface area (Å²) >= 11 is 0. The Bertz CT molecular complexity index is 1400. The number of unbranched alkanes of at least 4 members (excludes halogenated alkanes) is 48. The summed E-state index contributed by atoms with van der Waals surface area (Å²) in [4.78, 5) is 38.5. The second-order valence-corrected chi connectivity index (χ2v) is 24.5. The van der Waals surface area contributed by atoms with Gasteiger partial charge >= 0.3 is 17.9 Å². The SMILES string of the molecule is CCCCCCC/C=C\C/C=C\C/C=C\CCCCCCCCCCC(=O)OCC(COC(=O)CCCCCCCCCCCCCCCCCCC)OC(=O)CCCCCCCCCCCCC/C=C\CCCCCCCCCC. The molecule has 0 aromatic carbocycles. The van der Waals surface area contributed by atoms with Crippen LogP contribution in [-0.4, -0.2) is 37.2 Å². The Kier molecular flexibility index (Phi) is 67.6. The molecule has 6 nitrogen and oxygen atoms in total. The molecular weight excluding hydrogens is 997 g/mol. The van der Waals surface area contributed by atoms with E-state index >= 15 is 0 Å². The molecule has 0 saturated carbocycles. The average Bonchev–Trinajstić information content (AvgIpc) is 3.47. The van der Waals surface area contributed by atoms with E-state index in [2.05, 4.69) is 69.4 Å². The second-order valence-electron chi connectivity index (χ2n) is 24.5. The van der Waals surface area contributed by atoms with E-state index in [-0.39, 0.29) is 31.1 Å². The maximum atomic E-state index is 13.0. The Balaban J connectivity index is 4.33. The number of hydrogen-bond donors (Lipinski definition) is 0. The second kappa shape index (κ2) is 69.9. The van der Waals surface area contributed by atoms with Gasteiger partial charge in [-0.2, -0.15) is 0 Å². The van der Waals surface area contributed by atoms with E-state index in [1.807, 2.05) is 0 Å². The largest absolute Gasteiger partial charge is 0.462 e. The van der Waals surface area contributed by atoms with Crippen molar-refractivity contribution in [1.29, 1.82) is 0 Å². The molecule has 0 heterocycles. The van der Waals surface area contributed by atoms with Gasteiger partial charge in [-0.25, -0.2) is 0 Å². The van der Waals surface area contributed by atoms with Gasteiger partial charge in [0.05, 0.1) is 0 Å². The molecule has 0 bridgehead atoms. The van der Waals surface area contributed by atoms with E-state index < -0.39 is 6.10 Å². The van der Waals surface area contributed by atoms with Crippen molar-refractivity contribution in [2.75, 3.05) is 13.2 Å². The predicted molar refractivity (Wildman–Crippen MR) is 353 cm³/mol. The third-order valence-corrected chi connectivity index (χ3v) is 16.3. The van der Waals surface area contributed by atoms with Crippen LogP contribution in [0.2, 0.25) is 0 Å². The minimum absolute atomic E-state index is 0.0711. The topological polar surface area (TPSA) is 78.9 Å². The molecule has 474 valence electrons. The van der Waals surface area contributed by atoms with Gasteiger partial charge < -0.3 is 14.2 Å². The van der Waals surface area contributed by atoms with E-state index in [0.29, 0.717) is 19.3 Å². The predicted octanol–water partition coefficient (Wildman–Crippen LogP) is 24.9. The molecule has 0 aromatic heterocycles. The highest BCUT2D eigenvalue weighted by atomic mass is 16.6. The Hall–Kier alpha value is -2.63. The highest BCUT2D eigenvalue weighted by molar-refractivity contribution is 5.71. The molecule has 0 rings (SSSR count). The number of allylic oxidation sites excluding steroid dienone is 8. The quantitative estimate of drug-likeness (QED) is 0.0261. The van der Waals surface area contributed by atoms with Crippen LogP contribution in [0.5, 0.6) is 0 Å². The molecule has 0 aliphatic carbocycles. The van der Waals surface area contributed by atoms with Gasteiger partial charge in [-0.15, -0.1) is 0 Å². The van der Waals surface area contributed by atoms with Gasteiger partial charge in [0, 0.05) is 19.3 Å². The summed E-state index contributed by atoms with van der Waals surface area (Å²) < 4.78 is 17.0. The lowest BCUT2D eigenvalue weighted by Gasteiger charge is -2.18. The number of esters is 3. The van der Waals surface area contributed by atoms with Crippen LogP contribution in [0.15, 0.2) is 48.6 Å². The van der Waals surface area contributed by atoms with Crippen molar-refractivity contribution >= 4 is 17.9 Å². The molecule has 0 spiro atoms. The molecule has 0 aromatic rings. The summed E-state index contributed by atoms with van der Waals surface area (Å²) in [6.07, 6.45) is 88.5. The maximum Gasteiger partial charge on any atom is 0.306 e. The van der Waals surface area contributed by atoms with Crippen LogP contribution in [-0.2, 0) is 28.6 Å². The smallest absolute Gasteiger partial charge is 0.306 e. The monoisotopic (exact) mass is 1140 g/mol. The summed E-state index contributed by atoms with van der Waals surface area (Å²) in [5.74, 6) is -0.851. The van der Waals surface area contributed by atoms with Crippen molar-refractivity contribution < 1.29 is 28.6 Å². The molecule has 0 aliphatic rings. The maximum absolute atomic E-state index is 13.0. The summed E-state index contributed by atoms with van der Waals surface area (Å²) in [5, 5.41) is 0. The molecule has 0 fully saturated rings. The van der Waals surface area contributed by atoms with Gasteiger partial charge in [-0.1, -0.05) is 339 Å². The Morgan fingerprint density at radius 2 is 0.444 bits per heavy atom. The van der Waals surface area contributed by atoms with Crippen LogP contribution in [0.25, 0.3) is 0 Å². The van der Waals surface area contributed by atoms with Gasteiger partial charge in [0.15, 0.2) is 6.10 Å². The third-order valence-electron chi connectivity index (χ3n) is 16.3. The van der Waals surface area contributed by atoms with Crippen LogP contribution in [0.1, 0.15) is 393 Å². The summed E-state index contributed by atoms with van der Waals surface area (Å²) in [6.45, 7) is 6.70. The number of hydrogen-bond acceptors (Lipinski definition) is 6. The van der Waals surface area contributed by atoms with Gasteiger partial charge in [-0.05, 0) is 83.5 Å². The lowest BCUT2D eigenvalue weighted by molar-refractivity contribution is -0.167. The number of carbonyl (C=O) groups is 3. The molecule has 0 radical (unpaired) electrons. The van der Waals surface area contributed by atoms with Crippen LogP contribution in [0.3, 0.4) is 0 Å². The fraction of sp³-hybridized carbons (Fsp3) is 0.853. The Labute approximate surface area is 505 Å². The van der Waals surface area contributed by atoms with E-state index in [1.54, 1.807) is 0 Å². The number of rotatable bonds is 67. The third kappa shape index (κ3) is 68.0. The molecular formula is C75H138O6. The van der Waals surface area contributed by atoms with Gasteiger partial charge in [-0.3, -0.25) is 14.4 Å².